The summed E-state index contributed by atoms with van der Waals surface area (Å²) in [6, 6.07) is 25.5. The van der Waals surface area contributed by atoms with E-state index in [9.17, 15) is 9.59 Å². The number of aromatic nitrogens is 1. The van der Waals surface area contributed by atoms with Crippen molar-refractivity contribution in [1.29, 1.82) is 0 Å². The molecular formula is C33H32N2O6S. The van der Waals surface area contributed by atoms with Crippen LogP contribution < -0.4 is 25.0 Å². The van der Waals surface area contributed by atoms with Gasteiger partial charge in [-0.1, -0.05) is 48.5 Å². The van der Waals surface area contributed by atoms with E-state index in [1.54, 1.807) is 27.3 Å². The van der Waals surface area contributed by atoms with Gasteiger partial charge in [0.25, 0.3) is 0 Å². The van der Waals surface area contributed by atoms with Crippen LogP contribution in [0.15, 0.2) is 89.9 Å². The summed E-state index contributed by atoms with van der Waals surface area (Å²) < 4.78 is 23.3. The number of nitrogens with one attached hydrogen (secondary N) is 1. The number of methoxy groups -OCH3 is 2. The molecule has 3 aromatic carbocycles. The van der Waals surface area contributed by atoms with Gasteiger partial charge in [0.05, 0.1) is 39.0 Å². The summed E-state index contributed by atoms with van der Waals surface area (Å²) in [6.45, 7) is 3.24. The molecule has 42 heavy (non-hydrogen) atoms. The summed E-state index contributed by atoms with van der Waals surface area (Å²) >= 11 is 1.52. The average Bonchev–Trinajstić information content (AvgIpc) is 3.40. The van der Waals surface area contributed by atoms with Crippen LogP contribution in [0.4, 0.5) is 4.79 Å². The van der Waals surface area contributed by atoms with Gasteiger partial charge in [0.2, 0.25) is 5.43 Å². The van der Waals surface area contributed by atoms with Crippen LogP contribution in [0.2, 0.25) is 0 Å². The minimum atomic E-state index is -0.924. The molecule has 5 rings (SSSR count). The third-order valence-electron chi connectivity index (χ3n) is 6.79. The summed E-state index contributed by atoms with van der Waals surface area (Å²) in [5, 5.41) is 3.99. The van der Waals surface area contributed by atoms with Crippen LogP contribution in [0.25, 0.3) is 20.7 Å². The van der Waals surface area contributed by atoms with Crippen molar-refractivity contribution in [3.63, 3.8) is 0 Å². The molecule has 1 N–H and O–H groups in total. The predicted molar refractivity (Wildman–Crippen MR) is 165 cm³/mol. The van der Waals surface area contributed by atoms with Crippen molar-refractivity contribution in [3.05, 3.63) is 112 Å². The van der Waals surface area contributed by atoms with E-state index < -0.39 is 6.16 Å². The van der Waals surface area contributed by atoms with Crippen molar-refractivity contribution in [3.8, 4) is 27.7 Å². The number of ether oxygens (including phenoxy) is 4. The van der Waals surface area contributed by atoms with Crippen molar-refractivity contribution in [2.24, 2.45) is 0 Å². The van der Waals surface area contributed by atoms with Crippen LogP contribution in [0.3, 0.4) is 0 Å². The number of hydrogen-bond donors (Lipinski definition) is 1. The molecule has 5 aromatic rings. The first-order valence-corrected chi connectivity index (χ1v) is 14.4. The average molecular weight is 585 g/mol. The zero-order chi connectivity index (χ0) is 29.5. The fourth-order valence-electron chi connectivity index (χ4n) is 4.79. The third-order valence-corrected chi connectivity index (χ3v) is 8.11. The molecule has 0 aliphatic carbocycles. The highest BCUT2D eigenvalue weighted by atomic mass is 32.1. The van der Waals surface area contributed by atoms with Crippen molar-refractivity contribution in [2.45, 2.75) is 26.6 Å². The van der Waals surface area contributed by atoms with E-state index in [0.717, 1.165) is 37.7 Å². The van der Waals surface area contributed by atoms with Crippen molar-refractivity contribution >= 4 is 27.7 Å². The first-order valence-electron chi connectivity index (χ1n) is 13.6. The smallest absolute Gasteiger partial charge is 0.497 e. The van der Waals surface area contributed by atoms with E-state index in [0.29, 0.717) is 30.8 Å². The Bertz CT molecular complexity index is 1730. The first kappa shape index (κ1) is 28.9. The van der Waals surface area contributed by atoms with Crippen molar-refractivity contribution in [2.75, 3.05) is 20.8 Å². The van der Waals surface area contributed by atoms with Gasteiger partial charge in [-0.15, -0.1) is 11.3 Å². The van der Waals surface area contributed by atoms with E-state index in [1.165, 1.54) is 11.3 Å². The lowest BCUT2D eigenvalue weighted by Crippen LogP contribution is -2.20. The minimum absolute atomic E-state index is 0.0979. The summed E-state index contributed by atoms with van der Waals surface area (Å²) in [5.41, 5.74) is 3.44. The molecule has 8 nitrogen and oxygen atoms in total. The lowest BCUT2D eigenvalue weighted by Gasteiger charge is -2.14. The van der Waals surface area contributed by atoms with Crippen LogP contribution in [0, 0.1) is 0 Å². The molecule has 0 saturated heterocycles. The maximum absolute atomic E-state index is 14.0. The second kappa shape index (κ2) is 13.4. The Morgan fingerprint density at radius 1 is 0.881 bits per heavy atom. The molecule has 0 atom stereocenters. The molecule has 0 spiro atoms. The lowest BCUT2D eigenvalue weighted by atomic mass is 10.1. The van der Waals surface area contributed by atoms with E-state index in [1.807, 2.05) is 71.3 Å². The SMILES string of the molecule is CCOC(=O)Oc1cn(Cc2ccccc2OC)c2sc(-c3ccc(OC)cc3)c(CNCc3ccccc3)c2c1=O. The number of hydrogen-bond acceptors (Lipinski definition) is 8. The van der Waals surface area contributed by atoms with Gasteiger partial charge in [-0.2, -0.15) is 0 Å². The highest BCUT2D eigenvalue weighted by molar-refractivity contribution is 7.22. The van der Waals surface area contributed by atoms with E-state index in [-0.39, 0.29) is 17.8 Å². The minimum Gasteiger partial charge on any atom is -0.497 e. The van der Waals surface area contributed by atoms with Gasteiger partial charge < -0.3 is 28.8 Å². The highest BCUT2D eigenvalue weighted by Crippen LogP contribution is 2.39. The molecule has 0 unspecified atom stereocenters. The van der Waals surface area contributed by atoms with Gasteiger partial charge >= 0.3 is 6.16 Å². The van der Waals surface area contributed by atoms with Gasteiger partial charge in [0.1, 0.15) is 16.3 Å². The first-order chi connectivity index (χ1) is 20.5. The van der Waals surface area contributed by atoms with Crippen LogP contribution in [-0.2, 0) is 24.4 Å². The van der Waals surface area contributed by atoms with Crippen LogP contribution in [0.1, 0.15) is 23.6 Å². The molecule has 0 fully saturated rings. The largest absolute Gasteiger partial charge is 0.514 e. The van der Waals surface area contributed by atoms with Crippen molar-refractivity contribution < 1.29 is 23.7 Å². The fraction of sp³-hybridized carbons (Fsp3) is 0.212. The van der Waals surface area contributed by atoms with Gasteiger partial charge in [-0.05, 0) is 53.9 Å². The second-order valence-corrected chi connectivity index (χ2v) is 10.5. The summed E-state index contributed by atoms with van der Waals surface area (Å²) in [4.78, 5) is 28.0. The van der Waals surface area contributed by atoms with E-state index in [4.69, 9.17) is 18.9 Å². The number of carbonyl (C=O) groups is 1. The third kappa shape index (κ3) is 6.32. The molecule has 2 aromatic heterocycles. The standard InChI is InChI=1S/C33H32N2O6S/c1-4-40-33(37)41-28-21-35(20-24-12-8-9-13-27(24)39-3)32-29(30(28)36)26(19-34-18-22-10-6-5-7-11-22)31(42-32)23-14-16-25(38-2)17-15-23/h5-17,21,34H,4,18-20H2,1-3H3. The number of pyridine rings is 1. The second-order valence-electron chi connectivity index (χ2n) is 9.45. The number of benzene rings is 3. The molecule has 2 heterocycles. The topological polar surface area (TPSA) is 88.0 Å². The van der Waals surface area contributed by atoms with Gasteiger partial charge in [0, 0.05) is 23.5 Å². The number of carbonyl (C=O) groups excluding carboxylic acids is 1. The summed E-state index contributed by atoms with van der Waals surface area (Å²) in [5.74, 6) is 1.36. The molecule has 0 amide bonds. The lowest BCUT2D eigenvalue weighted by molar-refractivity contribution is 0.104. The van der Waals surface area contributed by atoms with Gasteiger partial charge in [-0.25, -0.2) is 4.79 Å². The monoisotopic (exact) mass is 584 g/mol. The van der Waals surface area contributed by atoms with Gasteiger partial charge in [-0.3, -0.25) is 4.79 Å². The Kier molecular flexibility index (Phi) is 9.21. The molecule has 0 bridgehead atoms. The number of thiophene rings is 1. The Hall–Kier alpha value is -4.60. The molecule has 0 saturated carbocycles. The quantitative estimate of drug-likeness (QED) is 0.175. The van der Waals surface area contributed by atoms with Crippen molar-refractivity contribution in [1.82, 2.24) is 9.88 Å². The maximum atomic E-state index is 14.0. The summed E-state index contributed by atoms with van der Waals surface area (Å²) in [6.07, 6.45) is 0.649. The van der Waals surface area contributed by atoms with Gasteiger partial charge in [0.15, 0.2) is 5.75 Å². The molecule has 9 heteroatoms. The van der Waals surface area contributed by atoms with E-state index >= 15 is 0 Å². The fourth-order valence-corrected chi connectivity index (χ4v) is 6.08. The van der Waals surface area contributed by atoms with E-state index in [2.05, 4.69) is 17.4 Å². The number of nitrogens with zero attached hydrogens (tertiary/aromatic N) is 1. The molecular weight excluding hydrogens is 552 g/mol. The zero-order valence-electron chi connectivity index (χ0n) is 23.7. The molecule has 216 valence electrons. The number of para-hydroxylation sites is 1. The Morgan fingerprint density at radius 3 is 2.33 bits per heavy atom. The van der Waals surface area contributed by atoms with Crippen LogP contribution >= 0.6 is 11.3 Å². The normalized spacial score (nSPS) is 10.9. The number of rotatable bonds is 11. The molecule has 0 aliphatic heterocycles. The predicted octanol–water partition coefficient (Wildman–Crippen LogP) is 6.62. The molecule has 0 radical (unpaired) electrons. The Labute approximate surface area is 248 Å². The Morgan fingerprint density at radius 2 is 1.62 bits per heavy atom. The molecule has 0 aliphatic rings. The maximum Gasteiger partial charge on any atom is 0.514 e. The zero-order valence-corrected chi connectivity index (χ0v) is 24.5. The highest BCUT2D eigenvalue weighted by Gasteiger charge is 2.23. The Balaban J connectivity index is 1.68. The van der Waals surface area contributed by atoms with Crippen LogP contribution in [0.5, 0.6) is 17.2 Å². The number of fused-ring (bicyclic) bond motifs is 1. The summed E-state index contributed by atoms with van der Waals surface area (Å²) in [7, 11) is 3.25. The van der Waals surface area contributed by atoms with Crippen LogP contribution in [-0.4, -0.2) is 31.5 Å².